The molecule has 92 valence electrons. The van der Waals surface area contributed by atoms with Crippen LogP contribution in [0.15, 0.2) is 22.8 Å². The number of piperidine rings is 1. The van der Waals surface area contributed by atoms with E-state index < -0.39 is 0 Å². The fraction of sp³-hybridized carbons (Fsp3) is 0.615. The second kappa shape index (κ2) is 4.94. The third-order valence-electron chi connectivity index (χ3n) is 3.74. The summed E-state index contributed by atoms with van der Waals surface area (Å²) in [7, 11) is 0. The van der Waals surface area contributed by atoms with Gasteiger partial charge in [0.25, 0.3) is 0 Å². The average molecular weight is 297 g/mol. The molecule has 0 spiro atoms. The van der Waals surface area contributed by atoms with Gasteiger partial charge in [-0.2, -0.15) is 0 Å². The zero-order valence-corrected chi connectivity index (χ0v) is 11.3. The molecule has 17 heavy (non-hydrogen) atoms. The number of ether oxygens (including phenoxy) is 1. The highest BCUT2D eigenvalue weighted by Crippen LogP contribution is 2.31. The third kappa shape index (κ3) is 2.80. The lowest BCUT2D eigenvalue weighted by atomic mass is 9.93. The van der Waals surface area contributed by atoms with E-state index in [1.807, 2.05) is 12.1 Å². The molecule has 2 atom stereocenters. The summed E-state index contributed by atoms with van der Waals surface area (Å²) < 4.78 is 6.76. The lowest BCUT2D eigenvalue weighted by Gasteiger charge is -2.28. The van der Waals surface area contributed by atoms with Gasteiger partial charge in [-0.25, -0.2) is 4.98 Å². The Kier molecular flexibility index (Phi) is 3.34. The number of nitrogens with one attached hydrogen (secondary N) is 1. The van der Waals surface area contributed by atoms with Gasteiger partial charge in [0.2, 0.25) is 5.88 Å². The topological polar surface area (TPSA) is 34.1 Å². The second-order valence-corrected chi connectivity index (χ2v) is 6.02. The Morgan fingerprint density at radius 1 is 1.29 bits per heavy atom. The van der Waals surface area contributed by atoms with Gasteiger partial charge in [0.1, 0.15) is 0 Å². The molecule has 3 heterocycles. The molecule has 2 fully saturated rings. The lowest BCUT2D eigenvalue weighted by molar-refractivity contribution is 0.185. The molecule has 2 aliphatic heterocycles. The number of hydrogen-bond donors (Lipinski definition) is 1. The van der Waals surface area contributed by atoms with E-state index in [4.69, 9.17) is 4.74 Å². The molecule has 3 rings (SSSR count). The maximum absolute atomic E-state index is 5.77. The molecule has 0 aliphatic carbocycles. The van der Waals surface area contributed by atoms with E-state index in [2.05, 4.69) is 26.2 Å². The van der Waals surface area contributed by atoms with Crippen LogP contribution < -0.4 is 10.1 Å². The summed E-state index contributed by atoms with van der Waals surface area (Å²) in [4.78, 5) is 4.23. The van der Waals surface area contributed by atoms with E-state index in [0.29, 0.717) is 5.92 Å². The zero-order valence-electron chi connectivity index (χ0n) is 9.73. The second-order valence-electron chi connectivity index (χ2n) is 5.10. The van der Waals surface area contributed by atoms with E-state index in [9.17, 15) is 0 Å². The molecule has 2 aliphatic rings. The molecular weight excluding hydrogens is 280 g/mol. The first-order chi connectivity index (χ1) is 8.29. The highest BCUT2D eigenvalue weighted by Gasteiger charge is 2.33. The van der Waals surface area contributed by atoms with Crippen molar-refractivity contribution in [1.82, 2.24) is 10.3 Å². The molecule has 1 aromatic rings. The van der Waals surface area contributed by atoms with Crippen LogP contribution in [0, 0.1) is 5.92 Å². The van der Waals surface area contributed by atoms with Crippen molar-refractivity contribution in [2.24, 2.45) is 5.92 Å². The molecule has 0 aromatic carbocycles. The quantitative estimate of drug-likeness (QED) is 0.931. The highest BCUT2D eigenvalue weighted by molar-refractivity contribution is 9.10. The highest BCUT2D eigenvalue weighted by atomic mass is 79.9. The molecule has 4 heteroatoms. The molecule has 0 saturated carbocycles. The Morgan fingerprint density at radius 2 is 2.06 bits per heavy atom. The van der Waals surface area contributed by atoms with Crippen LogP contribution in [-0.4, -0.2) is 23.7 Å². The molecule has 1 aromatic heterocycles. The monoisotopic (exact) mass is 296 g/mol. The van der Waals surface area contributed by atoms with Crippen molar-refractivity contribution in [1.29, 1.82) is 0 Å². The molecule has 2 unspecified atom stereocenters. The summed E-state index contributed by atoms with van der Waals surface area (Å²) in [6.07, 6.45) is 6.98. The summed E-state index contributed by atoms with van der Waals surface area (Å²) in [6, 6.07) is 5.36. The largest absolute Gasteiger partial charge is 0.477 e. The van der Waals surface area contributed by atoms with Crippen LogP contribution in [0.25, 0.3) is 0 Å². The summed E-state index contributed by atoms with van der Waals surface area (Å²) in [5.74, 6) is 1.43. The molecule has 2 saturated heterocycles. The van der Waals surface area contributed by atoms with Gasteiger partial charge in [-0.15, -0.1) is 0 Å². The molecule has 2 bridgehead atoms. The van der Waals surface area contributed by atoms with E-state index in [1.54, 1.807) is 6.20 Å². The molecule has 1 N–H and O–H groups in total. The predicted molar refractivity (Wildman–Crippen MR) is 70.1 cm³/mol. The van der Waals surface area contributed by atoms with Crippen molar-refractivity contribution < 1.29 is 4.74 Å². The van der Waals surface area contributed by atoms with Crippen LogP contribution in [0.4, 0.5) is 0 Å². The summed E-state index contributed by atoms with van der Waals surface area (Å²) >= 11 is 3.37. The van der Waals surface area contributed by atoms with Crippen LogP contribution >= 0.6 is 15.9 Å². The van der Waals surface area contributed by atoms with Crippen LogP contribution in [0.1, 0.15) is 25.7 Å². The van der Waals surface area contributed by atoms with Gasteiger partial charge in [0.05, 0.1) is 6.61 Å². The van der Waals surface area contributed by atoms with Crippen molar-refractivity contribution in [2.45, 2.75) is 37.8 Å². The maximum Gasteiger partial charge on any atom is 0.213 e. The first kappa shape index (κ1) is 11.5. The number of nitrogens with zero attached hydrogens (tertiary/aromatic N) is 1. The smallest absolute Gasteiger partial charge is 0.213 e. The lowest BCUT2D eigenvalue weighted by Crippen LogP contribution is -2.39. The maximum atomic E-state index is 5.77. The fourth-order valence-electron chi connectivity index (χ4n) is 2.96. The van der Waals surface area contributed by atoms with Crippen molar-refractivity contribution in [3.05, 3.63) is 22.8 Å². The van der Waals surface area contributed by atoms with E-state index >= 15 is 0 Å². The van der Waals surface area contributed by atoms with Crippen molar-refractivity contribution in [3.63, 3.8) is 0 Å². The molecule has 3 nitrogen and oxygen atoms in total. The number of hydrogen-bond acceptors (Lipinski definition) is 3. The minimum absolute atomic E-state index is 0.694. The first-order valence-corrected chi connectivity index (χ1v) is 7.09. The minimum Gasteiger partial charge on any atom is -0.477 e. The first-order valence-electron chi connectivity index (χ1n) is 6.30. The molecular formula is C13H17BrN2O. The van der Waals surface area contributed by atoms with Crippen molar-refractivity contribution >= 4 is 15.9 Å². The van der Waals surface area contributed by atoms with E-state index in [-0.39, 0.29) is 0 Å². The van der Waals surface area contributed by atoms with Crippen LogP contribution in [0.5, 0.6) is 5.88 Å². The Balaban J connectivity index is 1.52. The van der Waals surface area contributed by atoms with E-state index in [0.717, 1.165) is 29.0 Å². The zero-order chi connectivity index (χ0) is 11.7. The average Bonchev–Trinajstić information content (AvgIpc) is 2.68. The van der Waals surface area contributed by atoms with Gasteiger partial charge >= 0.3 is 0 Å². The van der Waals surface area contributed by atoms with Crippen molar-refractivity contribution in [2.75, 3.05) is 6.61 Å². The number of rotatable bonds is 3. The summed E-state index contributed by atoms with van der Waals surface area (Å²) in [6.45, 7) is 0.809. The van der Waals surface area contributed by atoms with Crippen LogP contribution in [0.3, 0.4) is 0 Å². The Morgan fingerprint density at radius 3 is 2.71 bits per heavy atom. The van der Waals surface area contributed by atoms with Crippen LogP contribution in [-0.2, 0) is 0 Å². The Labute approximate surface area is 110 Å². The summed E-state index contributed by atoms with van der Waals surface area (Å²) in [5.41, 5.74) is 0. The van der Waals surface area contributed by atoms with Gasteiger partial charge in [-0.05, 0) is 53.6 Å². The molecule has 0 radical (unpaired) electrons. The standard InChI is InChI=1S/C13H17BrN2O/c14-10-1-4-13(15-7-10)17-8-9-5-11-2-3-12(6-9)16-11/h1,4,7,9,11-12,16H,2-3,5-6,8H2. The number of aromatic nitrogens is 1. The van der Waals surface area contributed by atoms with Gasteiger partial charge in [-0.1, -0.05) is 0 Å². The number of fused-ring (bicyclic) bond motifs is 2. The van der Waals surface area contributed by atoms with Gasteiger partial charge in [0, 0.05) is 28.8 Å². The summed E-state index contributed by atoms with van der Waals surface area (Å²) in [5, 5.41) is 3.65. The predicted octanol–water partition coefficient (Wildman–Crippen LogP) is 2.75. The van der Waals surface area contributed by atoms with Crippen LogP contribution in [0.2, 0.25) is 0 Å². The van der Waals surface area contributed by atoms with Gasteiger partial charge in [-0.3, -0.25) is 0 Å². The Bertz CT molecular complexity index is 370. The third-order valence-corrected chi connectivity index (χ3v) is 4.21. The van der Waals surface area contributed by atoms with Gasteiger partial charge < -0.3 is 10.1 Å². The van der Waals surface area contributed by atoms with Crippen molar-refractivity contribution in [3.8, 4) is 5.88 Å². The Hall–Kier alpha value is -0.610. The van der Waals surface area contributed by atoms with E-state index in [1.165, 1.54) is 25.7 Å². The normalized spacial score (nSPS) is 31.5. The minimum atomic E-state index is 0.694. The SMILES string of the molecule is Brc1ccc(OCC2CC3CCC(C2)N3)nc1. The number of halogens is 1. The number of pyridine rings is 1. The molecule has 0 amide bonds. The fourth-order valence-corrected chi connectivity index (χ4v) is 3.20. The van der Waals surface area contributed by atoms with Gasteiger partial charge in [0.15, 0.2) is 0 Å².